The van der Waals surface area contributed by atoms with Crippen LogP contribution in [0.5, 0.6) is 5.75 Å². The number of amides is 2. The van der Waals surface area contributed by atoms with Crippen molar-refractivity contribution in [2.75, 3.05) is 30.3 Å². The first-order valence-corrected chi connectivity index (χ1v) is 12.4. The summed E-state index contributed by atoms with van der Waals surface area (Å²) in [5.41, 5.74) is 6.60. The highest BCUT2D eigenvalue weighted by Gasteiger charge is 2.26. The quantitative estimate of drug-likeness (QED) is 0.625. The normalized spacial score (nSPS) is 14.8. The zero-order valence-corrected chi connectivity index (χ0v) is 19.3. The average Bonchev–Trinajstić information content (AvgIpc) is 2.77. The number of anilines is 1. The fraction of sp³-hybridized carbons (Fsp3) is 0.364. The zero-order valence-electron chi connectivity index (χ0n) is 17.7. The zero-order chi connectivity index (χ0) is 23.3. The Balaban J connectivity index is 1.59. The van der Waals surface area contributed by atoms with Gasteiger partial charge in [0.15, 0.2) is 6.61 Å². The van der Waals surface area contributed by atoms with Crippen molar-refractivity contribution in [2.45, 2.75) is 19.4 Å². The molecule has 0 radical (unpaired) electrons. The summed E-state index contributed by atoms with van der Waals surface area (Å²) in [5, 5.41) is 0.577. The molecule has 0 saturated carbocycles. The highest BCUT2D eigenvalue weighted by molar-refractivity contribution is 7.92. The van der Waals surface area contributed by atoms with E-state index in [1.165, 1.54) is 4.31 Å². The number of hydrogen-bond donors (Lipinski definition) is 1. The van der Waals surface area contributed by atoms with Gasteiger partial charge < -0.3 is 15.4 Å². The number of likely N-dealkylation sites (tertiary alicyclic amines) is 1. The lowest BCUT2D eigenvalue weighted by molar-refractivity contribution is -0.136. The molecule has 0 spiro atoms. The molecule has 0 unspecified atom stereocenters. The second-order valence-electron chi connectivity index (χ2n) is 7.74. The minimum absolute atomic E-state index is 0.138. The van der Waals surface area contributed by atoms with Gasteiger partial charge in [0, 0.05) is 24.0 Å². The van der Waals surface area contributed by atoms with Gasteiger partial charge in [0.25, 0.3) is 5.91 Å². The van der Waals surface area contributed by atoms with Gasteiger partial charge in [0.2, 0.25) is 15.9 Å². The Bertz CT molecular complexity index is 1050. The standard InChI is InChI=1S/C22H26ClN3O5S/c1-32(29,30)26(14-16-2-4-18(23)5-3-16)19-6-8-20(9-7-19)31-15-21(27)25-12-10-17(11-13-25)22(24)28/h2-9,17H,10-15H2,1H3,(H2,24,28). The van der Waals surface area contributed by atoms with E-state index in [1.54, 1.807) is 53.4 Å². The van der Waals surface area contributed by atoms with Gasteiger partial charge in [-0.05, 0) is 54.8 Å². The Morgan fingerprint density at radius 2 is 1.69 bits per heavy atom. The fourth-order valence-corrected chi connectivity index (χ4v) is 4.53. The molecule has 0 aliphatic carbocycles. The molecule has 1 aliphatic rings. The Labute approximate surface area is 192 Å². The Morgan fingerprint density at radius 3 is 2.22 bits per heavy atom. The van der Waals surface area contributed by atoms with Crippen LogP contribution in [-0.4, -0.2) is 51.1 Å². The van der Waals surface area contributed by atoms with Crippen LogP contribution in [0.3, 0.4) is 0 Å². The number of nitrogens with zero attached hydrogens (tertiary/aromatic N) is 2. The summed E-state index contributed by atoms with van der Waals surface area (Å²) in [4.78, 5) is 25.3. The maximum atomic E-state index is 12.4. The second kappa shape index (κ2) is 10.2. The van der Waals surface area contributed by atoms with Gasteiger partial charge in [-0.2, -0.15) is 0 Å². The molecule has 8 nitrogen and oxygen atoms in total. The molecule has 0 atom stereocenters. The maximum Gasteiger partial charge on any atom is 0.260 e. The van der Waals surface area contributed by atoms with E-state index >= 15 is 0 Å². The van der Waals surface area contributed by atoms with Crippen molar-refractivity contribution in [1.82, 2.24) is 4.90 Å². The summed E-state index contributed by atoms with van der Waals surface area (Å²) < 4.78 is 31.5. The first-order valence-electron chi connectivity index (χ1n) is 10.2. The number of rotatable bonds is 8. The SMILES string of the molecule is CS(=O)(=O)N(Cc1ccc(Cl)cc1)c1ccc(OCC(=O)N2CCC(C(N)=O)CC2)cc1. The molecule has 1 saturated heterocycles. The molecule has 0 aromatic heterocycles. The van der Waals surface area contributed by atoms with Crippen LogP contribution >= 0.6 is 11.6 Å². The summed E-state index contributed by atoms with van der Waals surface area (Å²) in [5.74, 6) is -0.225. The van der Waals surface area contributed by atoms with Crippen molar-refractivity contribution in [1.29, 1.82) is 0 Å². The van der Waals surface area contributed by atoms with Crippen molar-refractivity contribution >= 4 is 39.1 Å². The van der Waals surface area contributed by atoms with Crippen LogP contribution in [0, 0.1) is 5.92 Å². The van der Waals surface area contributed by atoms with E-state index < -0.39 is 10.0 Å². The van der Waals surface area contributed by atoms with E-state index in [0.29, 0.717) is 42.4 Å². The topological polar surface area (TPSA) is 110 Å². The number of primary amides is 1. The number of ether oxygens (including phenoxy) is 1. The van der Waals surface area contributed by atoms with E-state index in [2.05, 4.69) is 0 Å². The molecule has 3 rings (SSSR count). The van der Waals surface area contributed by atoms with E-state index in [1.807, 2.05) is 0 Å². The second-order valence-corrected chi connectivity index (χ2v) is 10.1. The van der Waals surface area contributed by atoms with Crippen LogP contribution in [0.25, 0.3) is 0 Å². The molecule has 1 aliphatic heterocycles. The molecule has 2 N–H and O–H groups in total. The highest BCUT2D eigenvalue weighted by atomic mass is 35.5. The Hall–Kier alpha value is -2.78. The number of sulfonamides is 1. The van der Waals surface area contributed by atoms with Gasteiger partial charge in [-0.25, -0.2) is 8.42 Å². The molecule has 2 amide bonds. The maximum absolute atomic E-state index is 12.4. The molecule has 32 heavy (non-hydrogen) atoms. The predicted octanol–water partition coefficient (Wildman–Crippen LogP) is 2.41. The molecule has 2 aromatic carbocycles. The third-order valence-corrected chi connectivity index (χ3v) is 6.77. The minimum atomic E-state index is -3.52. The number of benzene rings is 2. The monoisotopic (exact) mass is 479 g/mol. The van der Waals surface area contributed by atoms with Crippen LogP contribution in [0.4, 0.5) is 5.69 Å². The van der Waals surface area contributed by atoms with E-state index in [0.717, 1.165) is 11.8 Å². The predicted molar refractivity (Wildman–Crippen MR) is 123 cm³/mol. The van der Waals surface area contributed by atoms with Gasteiger partial charge in [0.1, 0.15) is 5.75 Å². The molecule has 172 valence electrons. The highest BCUT2D eigenvalue weighted by Crippen LogP contribution is 2.24. The van der Waals surface area contributed by atoms with E-state index in [-0.39, 0.29) is 30.9 Å². The number of carbonyl (C=O) groups is 2. The number of halogens is 1. The summed E-state index contributed by atoms with van der Waals surface area (Å²) >= 11 is 5.90. The van der Waals surface area contributed by atoms with Crippen molar-refractivity contribution in [3.05, 3.63) is 59.1 Å². The Morgan fingerprint density at radius 1 is 1.09 bits per heavy atom. The summed E-state index contributed by atoms with van der Waals surface area (Å²) in [6.07, 6.45) is 2.27. The number of nitrogens with two attached hydrogens (primary N) is 1. The molecule has 1 fully saturated rings. The number of carbonyl (C=O) groups excluding carboxylic acids is 2. The van der Waals surface area contributed by atoms with Crippen molar-refractivity contribution in [2.24, 2.45) is 11.7 Å². The first-order chi connectivity index (χ1) is 15.1. The van der Waals surface area contributed by atoms with Crippen LogP contribution < -0.4 is 14.8 Å². The van der Waals surface area contributed by atoms with Crippen molar-refractivity contribution < 1.29 is 22.7 Å². The molecule has 10 heteroatoms. The van der Waals surface area contributed by atoms with Gasteiger partial charge in [-0.1, -0.05) is 23.7 Å². The lowest BCUT2D eigenvalue weighted by Gasteiger charge is -2.30. The summed E-state index contributed by atoms with van der Waals surface area (Å²) in [6.45, 7) is 0.975. The molecule has 1 heterocycles. The van der Waals surface area contributed by atoms with Crippen molar-refractivity contribution in [3.63, 3.8) is 0 Å². The van der Waals surface area contributed by atoms with Gasteiger partial charge in [-0.15, -0.1) is 0 Å². The third kappa shape index (κ3) is 6.37. The molecule has 0 bridgehead atoms. The van der Waals surface area contributed by atoms with E-state index in [9.17, 15) is 18.0 Å². The van der Waals surface area contributed by atoms with Gasteiger partial charge in [0.05, 0.1) is 18.5 Å². The van der Waals surface area contributed by atoms with Crippen LogP contribution in [0.2, 0.25) is 5.02 Å². The van der Waals surface area contributed by atoms with Crippen molar-refractivity contribution in [3.8, 4) is 5.75 Å². The van der Waals surface area contributed by atoms with Crippen LogP contribution in [0.15, 0.2) is 48.5 Å². The first kappa shape index (κ1) is 23.9. The van der Waals surface area contributed by atoms with E-state index in [4.69, 9.17) is 22.1 Å². The summed E-state index contributed by atoms with van der Waals surface area (Å²) in [7, 11) is -3.52. The lowest BCUT2D eigenvalue weighted by atomic mass is 9.96. The van der Waals surface area contributed by atoms with Crippen LogP contribution in [-0.2, 0) is 26.2 Å². The third-order valence-electron chi connectivity index (χ3n) is 5.38. The molecule has 2 aromatic rings. The smallest absolute Gasteiger partial charge is 0.260 e. The number of hydrogen-bond acceptors (Lipinski definition) is 5. The lowest BCUT2D eigenvalue weighted by Crippen LogP contribution is -2.43. The van der Waals surface area contributed by atoms with Gasteiger partial charge in [-0.3, -0.25) is 13.9 Å². The average molecular weight is 480 g/mol. The van der Waals surface area contributed by atoms with Crippen LogP contribution in [0.1, 0.15) is 18.4 Å². The molecular formula is C22H26ClN3O5S. The van der Waals surface area contributed by atoms with Gasteiger partial charge >= 0.3 is 0 Å². The number of piperidine rings is 1. The largest absolute Gasteiger partial charge is 0.484 e. The Kier molecular flexibility index (Phi) is 7.63. The fourth-order valence-electron chi connectivity index (χ4n) is 3.51. The molecular weight excluding hydrogens is 454 g/mol. The minimum Gasteiger partial charge on any atom is -0.484 e. The summed E-state index contributed by atoms with van der Waals surface area (Å²) in [6, 6.07) is 13.5.